The minimum absolute atomic E-state index is 0.136. The van der Waals surface area contributed by atoms with Crippen molar-refractivity contribution < 1.29 is 10.2 Å². The second-order valence-electron chi connectivity index (χ2n) is 5.13. The zero-order chi connectivity index (χ0) is 17.3. The van der Waals surface area contributed by atoms with E-state index >= 15 is 0 Å². The normalized spacial score (nSPS) is 10.7. The van der Waals surface area contributed by atoms with Crippen molar-refractivity contribution in [2.45, 2.75) is 6.42 Å². The fraction of sp³-hybridized carbons (Fsp3) is 0.0625. The van der Waals surface area contributed by atoms with Gasteiger partial charge in [0.2, 0.25) is 0 Å². The minimum Gasteiger partial charge on any atom is -0.504 e. The summed E-state index contributed by atoms with van der Waals surface area (Å²) in [4.78, 5) is 12.9. The molecule has 1 heterocycles. The second-order valence-corrected chi connectivity index (χ2v) is 5.54. The molecule has 24 heavy (non-hydrogen) atoms. The lowest BCUT2D eigenvalue weighted by atomic mass is 10.1. The van der Waals surface area contributed by atoms with Gasteiger partial charge in [0.25, 0.3) is 0 Å². The number of hydrogen-bond donors (Lipinski definition) is 4. The number of fused-ring (bicyclic) bond motifs is 1. The standard InChI is InChI=1S/C16H14ClN5O2/c17-9-2-1-3-10-14(9)15(22-16(18)19)21-13(20-10)7-8-4-5-11(23)12(24)6-8/h1-6,23-24H,7H2,(H4,18,19,20,21,22). The lowest BCUT2D eigenvalue weighted by molar-refractivity contribution is 0.403. The summed E-state index contributed by atoms with van der Waals surface area (Å²) in [5.41, 5.74) is 12.3. The fourth-order valence-corrected chi connectivity index (χ4v) is 2.57. The van der Waals surface area contributed by atoms with E-state index in [0.29, 0.717) is 28.2 Å². The van der Waals surface area contributed by atoms with Crippen LogP contribution in [0.2, 0.25) is 5.02 Å². The molecule has 7 nitrogen and oxygen atoms in total. The van der Waals surface area contributed by atoms with Gasteiger partial charge in [0.15, 0.2) is 23.3 Å². The first-order valence-electron chi connectivity index (χ1n) is 6.99. The first-order valence-corrected chi connectivity index (χ1v) is 7.37. The zero-order valence-electron chi connectivity index (χ0n) is 12.4. The molecule has 0 unspecified atom stereocenters. The monoisotopic (exact) mass is 343 g/mol. The third-order valence-corrected chi connectivity index (χ3v) is 3.65. The number of phenolic OH excluding ortho intramolecular Hbond substituents is 2. The Morgan fingerprint density at radius 2 is 1.88 bits per heavy atom. The third-order valence-electron chi connectivity index (χ3n) is 3.34. The molecule has 0 saturated heterocycles. The van der Waals surface area contributed by atoms with Gasteiger partial charge in [0.05, 0.1) is 15.9 Å². The number of aliphatic imine (C=N–C) groups is 1. The molecule has 1 aromatic heterocycles. The first kappa shape index (κ1) is 15.8. The van der Waals surface area contributed by atoms with E-state index in [1.807, 2.05) is 0 Å². The summed E-state index contributed by atoms with van der Waals surface area (Å²) in [6.07, 6.45) is 0.323. The molecule has 122 valence electrons. The Balaban J connectivity index is 2.11. The molecule has 0 atom stereocenters. The number of halogens is 1. The number of guanidine groups is 1. The van der Waals surface area contributed by atoms with Crippen molar-refractivity contribution in [2.75, 3.05) is 0 Å². The van der Waals surface area contributed by atoms with Gasteiger partial charge in [-0.1, -0.05) is 23.7 Å². The van der Waals surface area contributed by atoms with Gasteiger partial charge in [-0.15, -0.1) is 0 Å². The zero-order valence-corrected chi connectivity index (χ0v) is 13.2. The maximum absolute atomic E-state index is 9.60. The van der Waals surface area contributed by atoms with Gasteiger partial charge in [-0.2, -0.15) is 4.99 Å². The van der Waals surface area contributed by atoms with E-state index in [2.05, 4.69) is 15.0 Å². The summed E-state index contributed by atoms with van der Waals surface area (Å²) in [6, 6.07) is 9.78. The summed E-state index contributed by atoms with van der Waals surface area (Å²) >= 11 is 6.20. The van der Waals surface area contributed by atoms with Crippen molar-refractivity contribution in [1.29, 1.82) is 0 Å². The largest absolute Gasteiger partial charge is 0.504 e. The first-order chi connectivity index (χ1) is 11.4. The Labute approximate surface area is 142 Å². The smallest absolute Gasteiger partial charge is 0.192 e. The highest BCUT2D eigenvalue weighted by atomic mass is 35.5. The van der Waals surface area contributed by atoms with Gasteiger partial charge in [0, 0.05) is 6.42 Å². The van der Waals surface area contributed by atoms with Gasteiger partial charge >= 0.3 is 0 Å². The van der Waals surface area contributed by atoms with Crippen molar-refractivity contribution in [3.63, 3.8) is 0 Å². The summed E-state index contributed by atoms with van der Waals surface area (Å²) in [6.45, 7) is 0. The number of phenols is 2. The number of nitrogens with two attached hydrogens (primary N) is 2. The Morgan fingerprint density at radius 3 is 2.58 bits per heavy atom. The maximum Gasteiger partial charge on any atom is 0.192 e. The van der Waals surface area contributed by atoms with Crippen LogP contribution >= 0.6 is 11.6 Å². The molecule has 0 spiro atoms. The van der Waals surface area contributed by atoms with E-state index in [9.17, 15) is 10.2 Å². The van der Waals surface area contributed by atoms with Crippen LogP contribution in [-0.2, 0) is 6.42 Å². The van der Waals surface area contributed by atoms with Crippen LogP contribution in [0.3, 0.4) is 0 Å². The SMILES string of the molecule is NC(N)=Nc1nc(Cc2ccc(O)c(O)c2)nc2cccc(Cl)c12. The molecule has 0 saturated carbocycles. The number of rotatable bonds is 3. The number of hydrogen-bond acceptors (Lipinski definition) is 5. The molecule has 8 heteroatoms. The Hall–Kier alpha value is -3.06. The molecule has 0 aliphatic heterocycles. The van der Waals surface area contributed by atoms with Crippen LogP contribution in [0.15, 0.2) is 41.4 Å². The molecule has 0 bridgehead atoms. The molecule has 2 aromatic carbocycles. The highest BCUT2D eigenvalue weighted by molar-refractivity contribution is 6.36. The molecule has 3 aromatic rings. The summed E-state index contributed by atoms with van der Waals surface area (Å²) in [7, 11) is 0. The van der Waals surface area contributed by atoms with Crippen LogP contribution in [0.5, 0.6) is 11.5 Å². The lowest BCUT2D eigenvalue weighted by Crippen LogP contribution is -2.22. The van der Waals surface area contributed by atoms with Crippen molar-refractivity contribution in [1.82, 2.24) is 9.97 Å². The Kier molecular flexibility index (Phi) is 4.09. The third kappa shape index (κ3) is 3.16. The molecule has 0 radical (unpaired) electrons. The average Bonchev–Trinajstić information content (AvgIpc) is 2.50. The van der Waals surface area contributed by atoms with E-state index in [1.165, 1.54) is 12.1 Å². The van der Waals surface area contributed by atoms with Crippen molar-refractivity contribution >= 4 is 34.3 Å². The predicted octanol–water partition coefficient (Wildman–Crippen LogP) is 2.19. The number of aromatic nitrogens is 2. The summed E-state index contributed by atoms with van der Waals surface area (Å²) in [5.74, 6) is 0.202. The summed E-state index contributed by atoms with van der Waals surface area (Å²) in [5, 5.41) is 20.0. The average molecular weight is 344 g/mol. The van der Waals surface area contributed by atoms with Crippen LogP contribution in [0.25, 0.3) is 10.9 Å². The molecule has 6 N–H and O–H groups in total. The Morgan fingerprint density at radius 1 is 1.08 bits per heavy atom. The molecule has 0 amide bonds. The molecule has 0 fully saturated rings. The number of benzene rings is 2. The maximum atomic E-state index is 9.60. The highest BCUT2D eigenvalue weighted by Crippen LogP contribution is 2.31. The van der Waals surface area contributed by atoms with Gasteiger partial charge in [-0.05, 0) is 29.8 Å². The van der Waals surface area contributed by atoms with E-state index in [0.717, 1.165) is 5.56 Å². The van der Waals surface area contributed by atoms with Crippen LogP contribution in [0.4, 0.5) is 5.82 Å². The van der Waals surface area contributed by atoms with E-state index in [4.69, 9.17) is 23.1 Å². The predicted molar refractivity (Wildman–Crippen MR) is 92.6 cm³/mol. The van der Waals surface area contributed by atoms with Gasteiger partial charge in [-0.25, -0.2) is 9.97 Å². The van der Waals surface area contributed by atoms with Crippen LogP contribution in [-0.4, -0.2) is 26.1 Å². The fourth-order valence-electron chi connectivity index (χ4n) is 2.31. The quantitative estimate of drug-likeness (QED) is 0.327. The molecular formula is C16H14ClN5O2. The molecule has 0 aliphatic carbocycles. The Bertz CT molecular complexity index is 955. The van der Waals surface area contributed by atoms with E-state index in [-0.39, 0.29) is 23.3 Å². The van der Waals surface area contributed by atoms with Crippen molar-refractivity contribution in [3.8, 4) is 11.5 Å². The topological polar surface area (TPSA) is 131 Å². The second kappa shape index (κ2) is 6.21. The highest BCUT2D eigenvalue weighted by Gasteiger charge is 2.12. The van der Waals surface area contributed by atoms with Gasteiger partial charge < -0.3 is 21.7 Å². The van der Waals surface area contributed by atoms with E-state index in [1.54, 1.807) is 24.3 Å². The molecule has 3 rings (SSSR count). The van der Waals surface area contributed by atoms with Gasteiger partial charge in [0.1, 0.15) is 5.82 Å². The van der Waals surface area contributed by atoms with Crippen LogP contribution < -0.4 is 11.5 Å². The summed E-state index contributed by atoms with van der Waals surface area (Å²) < 4.78 is 0. The van der Waals surface area contributed by atoms with Crippen molar-refractivity contribution in [3.05, 3.63) is 52.8 Å². The van der Waals surface area contributed by atoms with Crippen molar-refractivity contribution in [2.24, 2.45) is 16.5 Å². The van der Waals surface area contributed by atoms with E-state index < -0.39 is 0 Å². The van der Waals surface area contributed by atoms with Crippen LogP contribution in [0, 0.1) is 0 Å². The molecular weight excluding hydrogens is 330 g/mol. The van der Waals surface area contributed by atoms with Gasteiger partial charge in [-0.3, -0.25) is 0 Å². The number of aromatic hydroxyl groups is 2. The van der Waals surface area contributed by atoms with Crippen LogP contribution in [0.1, 0.15) is 11.4 Å². The number of nitrogens with zero attached hydrogens (tertiary/aromatic N) is 3. The minimum atomic E-state index is -0.208. The molecule has 0 aliphatic rings. The lowest BCUT2D eigenvalue weighted by Gasteiger charge is -2.08.